The van der Waals surface area contributed by atoms with Crippen LogP contribution in [0.15, 0.2) is 35.3 Å². The molecule has 1 aromatic rings. The average molecular weight is 574 g/mol. The lowest BCUT2D eigenvalue weighted by molar-refractivity contribution is 0.0205. The molecule has 2 N–H and O–H groups in total. The summed E-state index contributed by atoms with van der Waals surface area (Å²) in [5.41, 5.74) is 1.34. The Morgan fingerprint density at radius 2 is 1.82 bits per heavy atom. The molecule has 7 nitrogen and oxygen atoms in total. The Labute approximate surface area is 217 Å². The van der Waals surface area contributed by atoms with E-state index in [-0.39, 0.29) is 24.0 Å². The van der Waals surface area contributed by atoms with E-state index in [1.54, 1.807) is 0 Å². The zero-order chi connectivity index (χ0) is 22.3. The number of anilines is 1. The first-order chi connectivity index (χ1) is 15.8. The van der Waals surface area contributed by atoms with E-state index in [4.69, 9.17) is 14.5 Å². The fraction of sp³-hybridized carbons (Fsp3) is 0.720. The Morgan fingerprint density at radius 3 is 2.55 bits per heavy atom. The van der Waals surface area contributed by atoms with E-state index >= 15 is 0 Å². The van der Waals surface area contributed by atoms with Gasteiger partial charge in [0.2, 0.25) is 0 Å². The second-order valence-electron chi connectivity index (χ2n) is 8.69. The molecule has 0 bridgehead atoms. The van der Waals surface area contributed by atoms with Crippen LogP contribution < -0.4 is 15.5 Å². The Morgan fingerprint density at radius 1 is 1.06 bits per heavy atom. The molecule has 0 spiro atoms. The number of nitrogens with one attached hydrogen (secondary N) is 2. The fourth-order valence-corrected chi connectivity index (χ4v) is 4.24. The Kier molecular flexibility index (Phi) is 14.8. The van der Waals surface area contributed by atoms with Gasteiger partial charge in [0, 0.05) is 77.9 Å². The van der Waals surface area contributed by atoms with Gasteiger partial charge in [-0.2, -0.15) is 0 Å². The second-order valence-corrected chi connectivity index (χ2v) is 8.69. The molecular weight excluding hydrogens is 529 g/mol. The van der Waals surface area contributed by atoms with Gasteiger partial charge in [-0.1, -0.05) is 18.2 Å². The minimum Gasteiger partial charge on any atom is -0.381 e. The largest absolute Gasteiger partial charge is 0.381 e. The van der Waals surface area contributed by atoms with Gasteiger partial charge in [-0.15, -0.1) is 24.0 Å². The minimum absolute atomic E-state index is 0. The van der Waals surface area contributed by atoms with Crippen molar-refractivity contribution in [2.24, 2.45) is 10.9 Å². The maximum atomic E-state index is 5.84. The van der Waals surface area contributed by atoms with E-state index in [1.807, 2.05) is 0 Å². The van der Waals surface area contributed by atoms with Crippen LogP contribution in [0.1, 0.15) is 32.6 Å². The predicted octanol–water partition coefficient (Wildman–Crippen LogP) is 3.21. The summed E-state index contributed by atoms with van der Waals surface area (Å²) in [6.07, 6.45) is 4.36. The van der Waals surface area contributed by atoms with Crippen molar-refractivity contribution in [3.05, 3.63) is 30.3 Å². The monoisotopic (exact) mass is 573 g/mol. The van der Waals surface area contributed by atoms with Gasteiger partial charge in [-0.05, 0) is 57.2 Å². The highest BCUT2D eigenvalue weighted by Crippen LogP contribution is 2.16. The highest BCUT2D eigenvalue weighted by atomic mass is 127. The van der Waals surface area contributed by atoms with Crippen LogP contribution in [0.4, 0.5) is 5.69 Å². The van der Waals surface area contributed by atoms with Gasteiger partial charge in [0.05, 0.1) is 0 Å². The number of piperazine rings is 1. The molecule has 0 atom stereocenters. The first kappa shape index (κ1) is 28.1. The first-order valence-electron chi connectivity index (χ1n) is 12.5. The van der Waals surface area contributed by atoms with Crippen LogP contribution >= 0.6 is 24.0 Å². The van der Waals surface area contributed by atoms with Gasteiger partial charge >= 0.3 is 0 Å². The van der Waals surface area contributed by atoms with Crippen molar-refractivity contribution in [1.82, 2.24) is 15.5 Å². The van der Waals surface area contributed by atoms with Crippen molar-refractivity contribution in [3.63, 3.8) is 0 Å². The molecule has 1 aromatic carbocycles. The van der Waals surface area contributed by atoms with Crippen molar-refractivity contribution in [2.45, 2.75) is 32.6 Å². The quantitative estimate of drug-likeness (QED) is 0.173. The molecule has 2 fully saturated rings. The first-order valence-corrected chi connectivity index (χ1v) is 12.5. The van der Waals surface area contributed by atoms with Crippen LogP contribution in [-0.4, -0.2) is 89.6 Å². The van der Waals surface area contributed by atoms with Gasteiger partial charge in [0.15, 0.2) is 5.96 Å². The zero-order valence-electron chi connectivity index (χ0n) is 20.3. The van der Waals surface area contributed by atoms with Crippen LogP contribution in [0, 0.1) is 5.92 Å². The van der Waals surface area contributed by atoms with Crippen LogP contribution in [0.25, 0.3) is 0 Å². The van der Waals surface area contributed by atoms with E-state index in [0.717, 1.165) is 110 Å². The summed E-state index contributed by atoms with van der Waals surface area (Å²) in [6, 6.07) is 10.7. The summed E-state index contributed by atoms with van der Waals surface area (Å²) in [5.74, 6) is 1.60. The molecule has 2 saturated heterocycles. The zero-order valence-corrected chi connectivity index (χ0v) is 22.7. The molecule has 8 heteroatoms. The molecule has 0 radical (unpaired) electrons. The summed E-state index contributed by atoms with van der Waals surface area (Å²) in [4.78, 5) is 9.75. The highest BCUT2D eigenvalue weighted by molar-refractivity contribution is 14.0. The molecule has 188 valence electrons. The van der Waals surface area contributed by atoms with Gasteiger partial charge in [-0.3, -0.25) is 9.89 Å². The summed E-state index contributed by atoms with van der Waals surface area (Å²) in [6.45, 7) is 13.8. The highest BCUT2D eigenvalue weighted by Gasteiger charge is 2.16. The fourth-order valence-electron chi connectivity index (χ4n) is 4.24. The number of guanidine groups is 1. The minimum atomic E-state index is 0. The predicted molar refractivity (Wildman–Crippen MR) is 148 cm³/mol. The van der Waals surface area contributed by atoms with Crippen molar-refractivity contribution in [3.8, 4) is 0 Å². The van der Waals surface area contributed by atoms with Gasteiger partial charge < -0.3 is 25.0 Å². The maximum Gasteiger partial charge on any atom is 0.191 e. The lowest BCUT2D eigenvalue weighted by Crippen LogP contribution is -2.47. The molecular formula is C25H44IN5O2. The number of ether oxygens (including phenoxy) is 2. The van der Waals surface area contributed by atoms with Crippen molar-refractivity contribution >= 4 is 35.6 Å². The lowest BCUT2D eigenvalue weighted by atomic mass is 10.0. The number of para-hydroxylation sites is 1. The standard InChI is InChI=1S/C25H43N5O2.HI/c1-2-26-25(28-13-7-19-32-22-23-10-20-31-21-11-23)27-12-6-14-29-15-17-30(18-16-29)24-8-4-3-5-9-24;/h3-5,8-9,23H,2,6-7,10-22H2,1H3,(H2,26,27,28);1H. The summed E-state index contributed by atoms with van der Waals surface area (Å²) in [5, 5.41) is 6.84. The number of aliphatic imine (C=N–C) groups is 1. The molecule has 0 aromatic heterocycles. The second kappa shape index (κ2) is 17.4. The number of rotatable bonds is 12. The molecule has 2 aliphatic heterocycles. The maximum absolute atomic E-state index is 5.84. The molecule has 0 amide bonds. The average Bonchev–Trinajstić information content (AvgIpc) is 2.85. The Hall–Kier alpha value is -1.10. The number of halogens is 1. The van der Waals surface area contributed by atoms with Gasteiger partial charge in [0.1, 0.15) is 0 Å². The van der Waals surface area contributed by atoms with Crippen LogP contribution in [-0.2, 0) is 9.47 Å². The molecule has 0 saturated carbocycles. The third kappa shape index (κ3) is 11.2. The number of benzene rings is 1. The molecule has 3 rings (SSSR count). The lowest BCUT2D eigenvalue weighted by Gasteiger charge is -2.36. The van der Waals surface area contributed by atoms with Crippen molar-refractivity contribution < 1.29 is 9.47 Å². The van der Waals surface area contributed by atoms with Crippen molar-refractivity contribution in [1.29, 1.82) is 0 Å². The topological polar surface area (TPSA) is 61.4 Å². The smallest absolute Gasteiger partial charge is 0.191 e. The molecule has 0 unspecified atom stereocenters. The normalized spacial score (nSPS) is 18.1. The van der Waals surface area contributed by atoms with Gasteiger partial charge in [-0.25, -0.2) is 0 Å². The molecule has 2 heterocycles. The summed E-state index contributed by atoms with van der Waals surface area (Å²) in [7, 11) is 0. The number of hydrogen-bond donors (Lipinski definition) is 2. The molecule has 33 heavy (non-hydrogen) atoms. The van der Waals surface area contributed by atoms with E-state index in [0.29, 0.717) is 5.92 Å². The van der Waals surface area contributed by atoms with Crippen LogP contribution in [0.5, 0.6) is 0 Å². The van der Waals surface area contributed by atoms with E-state index in [2.05, 4.69) is 57.7 Å². The summed E-state index contributed by atoms with van der Waals surface area (Å²) >= 11 is 0. The third-order valence-corrected chi connectivity index (χ3v) is 6.19. The number of hydrogen-bond acceptors (Lipinski definition) is 5. The third-order valence-electron chi connectivity index (χ3n) is 6.19. The van der Waals surface area contributed by atoms with E-state index < -0.39 is 0 Å². The SMILES string of the molecule is CCNC(=NCCCOCC1CCOCC1)NCCCN1CCN(c2ccccc2)CC1.I. The Balaban J connectivity index is 0.00000385. The Bertz CT molecular complexity index is 635. The van der Waals surface area contributed by atoms with E-state index in [9.17, 15) is 0 Å². The molecule has 0 aliphatic carbocycles. The molecule has 2 aliphatic rings. The van der Waals surface area contributed by atoms with Crippen molar-refractivity contribution in [2.75, 3.05) is 83.7 Å². The van der Waals surface area contributed by atoms with E-state index in [1.165, 1.54) is 5.69 Å². The van der Waals surface area contributed by atoms with Gasteiger partial charge in [0.25, 0.3) is 0 Å². The summed E-state index contributed by atoms with van der Waals surface area (Å²) < 4.78 is 11.2. The van der Waals surface area contributed by atoms with Crippen LogP contribution in [0.3, 0.4) is 0 Å². The van der Waals surface area contributed by atoms with Crippen LogP contribution in [0.2, 0.25) is 0 Å². The number of nitrogens with zero attached hydrogens (tertiary/aromatic N) is 3.